The second-order valence-corrected chi connectivity index (χ2v) is 7.51. The summed E-state index contributed by atoms with van der Waals surface area (Å²) >= 11 is 1.41. The first-order chi connectivity index (χ1) is 14.1. The SMILES string of the molecule is COc1ccccc1-c1nc(C(=O)N2CCN(C(=O)c3cc(C)no3)CC2)cs1. The van der Waals surface area contributed by atoms with E-state index in [-0.39, 0.29) is 17.6 Å². The predicted octanol–water partition coefficient (Wildman–Crippen LogP) is 2.71. The summed E-state index contributed by atoms with van der Waals surface area (Å²) < 4.78 is 10.4. The van der Waals surface area contributed by atoms with Crippen molar-refractivity contribution >= 4 is 23.2 Å². The summed E-state index contributed by atoms with van der Waals surface area (Å²) in [6.45, 7) is 3.53. The Kier molecular flexibility index (Phi) is 5.30. The van der Waals surface area contributed by atoms with E-state index < -0.39 is 0 Å². The van der Waals surface area contributed by atoms with Crippen LogP contribution in [0.1, 0.15) is 26.7 Å². The van der Waals surface area contributed by atoms with E-state index in [1.54, 1.807) is 35.3 Å². The number of hydrogen-bond donors (Lipinski definition) is 0. The second-order valence-electron chi connectivity index (χ2n) is 6.66. The number of methoxy groups -OCH3 is 1. The van der Waals surface area contributed by atoms with Crippen molar-refractivity contribution in [1.82, 2.24) is 19.9 Å². The summed E-state index contributed by atoms with van der Waals surface area (Å²) in [6.07, 6.45) is 0. The van der Waals surface area contributed by atoms with E-state index >= 15 is 0 Å². The van der Waals surface area contributed by atoms with Crippen molar-refractivity contribution in [3.05, 3.63) is 52.9 Å². The van der Waals surface area contributed by atoms with Gasteiger partial charge in [-0.25, -0.2) is 4.98 Å². The minimum atomic E-state index is -0.204. The molecule has 2 amide bonds. The highest BCUT2D eigenvalue weighted by molar-refractivity contribution is 7.13. The molecule has 0 unspecified atom stereocenters. The number of thiazole rings is 1. The molecule has 2 aromatic heterocycles. The molecule has 0 N–H and O–H groups in total. The Hall–Kier alpha value is -3.20. The van der Waals surface area contributed by atoms with Gasteiger partial charge in [0.05, 0.1) is 18.4 Å². The van der Waals surface area contributed by atoms with E-state index in [0.717, 1.165) is 16.3 Å². The van der Waals surface area contributed by atoms with Crippen molar-refractivity contribution in [3.8, 4) is 16.3 Å². The fraction of sp³-hybridized carbons (Fsp3) is 0.300. The lowest BCUT2D eigenvalue weighted by atomic mass is 10.2. The molecule has 0 aliphatic carbocycles. The zero-order valence-corrected chi connectivity index (χ0v) is 16.9. The van der Waals surface area contributed by atoms with Crippen LogP contribution in [0.15, 0.2) is 40.2 Å². The van der Waals surface area contributed by atoms with E-state index in [4.69, 9.17) is 9.26 Å². The quantitative estimate of drug-likeness (QED) is 0.655. The molecular weight excluding hydrogens is 392 g/mol. The summed E-state index contributed by atoms with van der Waals surface area (Å²) in [7, 11) is 1.61. The van der Waals surface area contributed by atoms with Crippen LogP contribution in [-0.4, -0.2) is 65.0 Å². The van der Waals surface area contributed by atoms with Crippen LogP contribution in [0.5, 0.6) is 5.75 Å². The van der Waals surface area contributed by atoms with Crippen molar-refractivity contribution < 1.29 is 18.8 Å². The van der Waals surface area contributed by atoms with Crippen LogP contribution in [0.25, 0.3) is 10.6 Å². The van der Waals surface area contributed by atoms with E-state index in [9.17, 15) is 9.59 Å². The highest BCUT2D eigenvalue weighted by atomic mass is 32.1. The minimum absolute atomic E-state index is 0.134. The first kappa shape index (κ1) is 19.1. The number of benzene rings is 1. The molecule has 0 saturated carbocycles. The van der Waals surface area contributed by atoms with Crippen molar-refractivity contribution in [1.29, 1.82) is 0 Å². The number of nitrogens with zero attached hydrogens (tertiary/aromatic N) is 4. The van der Waals surface area contributed by atoms with Gasteiger partial charge in [-0.05, 0) is 19.1 Å². The van der Waals surface area contributed by atoms with Crippen molar-refractivity contribution in [2.45, 2.75) is 6.92 Å². The monoisotopic (exact) mass is 412 g/mol. The molecule has 3 aromatic rings. The number of carbonyl (C=O) groups is 2. The summed E-state index contributed by atoms with van der Waals surface area (Å²) in [4.78, 5) is 33.2. The third kappa shape index (κ3) is 3.86. The molecule has 1 fully saturated rings. The molecule has 0 spiro atoms. The predicted molar refractivity (Wildman–Crippen MR) is 107 cm³/mol. The van der Waals surface area contributed by atoms with Crippen LogP contribution in [0.2, 0.25) is 0 Å². The van der Waals surface area contributed by atoms with E-state index in [1.165, 1.54) is 11.3 Å². The molecule has 1 aliphatic rings. The highest BCUT2D eigenvalue weighted by Gasteiger charge is 2.28. The van der Waals surface area contributed by atoms with Gasteiger partial charge in [0.1, 0.15) is 16.5 Å². The molecule has 4 rings (SSSR count). The molecule has 0 radical (unpaired) electrons. The summed E-state index contributed by atoms with van der Waals surface area (Å²) in [6, 6.07) is 9.20. The number of aryl methyl sites for hydroxylation is 1. The molecule has 3 heterocycles. The van der Waals surface area contributed by atoms with Crippen LogP contribution in [0, 0.1) is 6.92 Å². The average molecular weight is 412 g/mol. The number of amides is 2. The van der Waals surface area contributed by atoms with E-state index in [2.05, 4.69) is 10.1 Å². The van der Waals surface area contributed by atoms with Crippen molar-refractivity contribution in [2.24, 2.45) is 0 Å². The van der Waals surface area contributed by atoms with Gasteiger partial charge in [-0.1, -0.05) is 17.3 Å². The normalized spacial score (nSPS) is 14.1. The van der Waals surface area contributed by atoms with Crippen LogP contribution < -0.4 is 4.74 Å². The van der Waals surface area contributed by atoms with Crippen LogP contribution in [-0.2, 0) is 0 Å². The molecular formula is C20H20N4O4S. The molecule has 1 aromatic carbocycles. The van der Waals surface area contributed by atoms with Gasteiger partial charge in [0.2, 0.25) is 5.76 Å². The zero-order valence-electron chi connectivity index (χ0n) is 16.1. The summed E-state index contributed by atoms with van der Waals surface area (Å²) in [5.41, 5.74) is 1.93. The highest BCUT2D eigenvalue weighted by Crippen LogP contribution is 2.32. The Morgan fingerprint density at radius 1 is 1.10 bits per heavy atom. The third-order valence-corrected chi connectivity index (χ3v) is 5.63. The fourth-order valence-electron chi connectivity index (χ4n) is 3.21. The molecule has 1 aliphatic heterocycles. The molecule has 0 atom stereocenters. The Labute approximate surface area is 171 Å². The Morgan fingerprint density at radius 3 is 2.45 bits per heavy atom. The van der Waals surface area contributed by atoms with Gasteiger partial charge in [0.25, 0.3) is 11.8 Å². The number of aromatic nitrogens is 2. The minimum Gasteiger partial charge on any atom is -0.496 e. The number of piperazine rings is 1. The number of carbonyl (C=O) groups excluding carboxylic acids is 2. The maximum Gasteiger partial charge on any atom is 0.292 e. The van der Waals surface area contributed by atoms with E-state index in [0.29, 0.717) is 37.6 Å². The summed E-state index contributed by atoms with van der Waals surface area (Å²) in [5, 5.41) is 6.25. The topological polar surface area (TPSA) is 88.8 Å². The van der Waals surface area contributed by atoms with Crippen molar-refractivity contribution in [3.63, 3.8) is 0 Å². The largest absolute Gasteiger partial charge is 0.496 e. The number of para-hydroxylation sites is 1. The van der Waals surface area contributed by atoms with E-state index in [1.807, 2.05) is 24.3 Å². The summed E-state index contributed by atoms with van der Waals surface area (Å²) in [5.74, 6) is 0.605. The maximum atomic E-state index is 12.9. The zero-order chi connectivity index (χ0) is 20.4. The first-order valence-electron chi connectivity index (χ1n) is 9.17. The van der Waals surface area contributed by atoms with Gasteiger partial charge < -0.3 is 19.1 Å². The van der Waals surface area contributed by atoms with Crippen LogP contribution in [0.3, 0.4) is 0 Å². The number of hydrogen-bond acceptors (Lipinski definition) is 7. The number of rotatable bonds is 4. The van der Waals surface area contributed by atoms with Crippen LogP contribution in [0.4, 0.5) is 0 Å². The van der Waals surface area contributed by atoms with Crippen molar-refractivity contribution in [2.75, 3.05) is 33.3 Å². The van der Waals surface area contributed by atoms with Gasteiger partial charge >= 0.3 is 0 Å². The maximum absolute atomic E-state index is 12.9. The van der Waals surface area contributed by atoms with Gasteiger partial charge in [0.15, 0.2) is 0 Å². The second kappa shape index (κ2) is 8.04. The molecule has 150 valence electrons. The van der Waals surface area contributed by atoms with Gasteiger partial charge in [-0.2, -0.15) is 0 Å². The molecule has 1 saturated heterocycles. The molecule has 8 nitrogen and oxygen atoms in total. The first-order valence-corrected chi connectivity index (χ1v) is 10.1. The van der Waals surface area contributed by atoms with Gasteiger partial charge in [-0.15, -0.1) is 11.3 Å². The number of ether oxygens (including phenoxy) is 1. The Balaban J connectivity index is 1.41. The van der Waals surface area contributed by atoms with Gasteiger partial charge in [-0.3, -0.25) is 9.59 Å². The fourth-order valence-corrected chi connectivity index (χ4v) is 4.04. The molecule has 29 heavy (non-hydrogen) atoms. The lowest BCUT2D eigenvalue weighted by Crippen LogP contribution is -2.50. The van der Waals surface area contributed by atoms with Gasteiger partial charge in [0, 0.05) is 37.6 Å². The third-order valence-electron chi connectivity index (χ3n) is 4.75. The lowest BCUT2D eigenvalue weighted by molar-refractivity contribution is 0.0510. The molecule has 9 heteroatoms. The lowest BCUT2D eigenvalue weighted by Gasteiger charge is -2.33. The Morgan fingerprint density at radius 2 is 1.79 bits per heavy atom. The average Bonchev–Trinajstić information content (AvgIpc) is 3.42. The standard InChI is InChI=1S/C20H20N4O4S/c1-13-11-17(28-22-13)20(26)24-9-7-23(8-10-24)19(25)15-12-29-18(21-15)14-5-3-4-6-16(14)27-2/h3-6,11-12H,7-10H2,1-2H3. The van der Waals surface area contributed by atoms with Crippen LogP contribution >= 0.6 is 11.3 Å². The Bertz CT molecular complexity index is 1040. The molecule has 0 bridgehead atoms. The smallest absolute Gasteiger partial charge is 0.292 e.